The number of hydrogen-bond donors (Lipinski definition) is 1. The first-order valence-corrected chi connectivity index (χ1v) is 7.54. The van der Waals surface area contributed by atoms with Crippen molar-refractivity contribution in [1.82, 2.24) is 0 Å². The van der Waals surface area contributed by atoms with Gasteiger partial charge in [0.05, 0.1) is 0 Å². The molecule has 0 unspecified atom stereocenters. The molecule has 1 radical (unpaired) electrons. The predicted octanol–water partition coefficient (Wildman–Crippen LogP) is 3.51. The van der Waals surface area contributed by atoms with Gasteiger partial charge in [-0.25, -0.2) is 5.26 Å². The summed E-state index contributed by atoms with van der Waals surface area (Å²) in [7, 11) is -1.84. The van der Waals surface area contributed by atoms with Gasteiger partial charge in [-0.2, -0.15) is 4.33 Å². The molecule has 7 heteroatoms. The van der Waals surface area contributed by atoms with Crippen molar-refractivity contribution in [3.63, 3.8) is 0 Å². The zero-order valence-electron chi connectivity index (χ0n) is 11.0. The normalized spacial score (nSPS) is 10.1. The maximum atomic E-state index is 9.90. The zero-order valence-corrected chi connectivity index (χ0v) is 15.5. The molecule has 0 saturated carbocycles. The van der Waals surface area contributed by atoms with Gasteiger partial charge in [0.2, 0.25) is 0 Å². The van der Waals surface area contributed by atoms with Crippen molar-refractivity contribution in [1.29, 1.82) is 0 Å². The van der Waals surface area contributed by atoms with Crippen molar-refractivity contribution >= 4 is 22.7 Å². The van der Waals surface area contributed by atoms with Crippen LogP contribution in [0.4, 0.5) is 0 Å². The fourth-order valence-corrected chi connectivity index (χ4v) is 1.96. The molecule has 0 spiro atoms. The molecular formula is C10H23O4S2Y-. The summed E-state index contributed by atoms with van der Waals surface area (Å²) in [5, 5.41) is 7.84. The van der Waals surface area contributed by atoms with Gasteiger partial charge in [0.15, 0.2) is 0 Å². The van der Waals surface area contributed by atoms with Crippen LogP contribution in [-0.2, 0) is 56.2 Å². The molecule has 0 aliphatic rings. The van der Waals surface area contributed by atoms with Crippen LogP contribution in [0.5, 0.6) is 0 Å². The third kappa shape index (κ3) is 31.7. The van der Waals surface area contributed by atoms with E-state index in [2.05, 4.69) is 18.2 Å². The van der Waals surface area contributed by atoms with E-state index in [9.17, 15) is 8.42 Å². The van der Waals surface area contributed by atoms with Gasteiger partial charge in [0.25, 0.3) is 0 Å². The van der Waals surface area contributed by atoms with Crippen LogP contribution >= 0.6 is 12.0 Å². The summed E-state index contributed by atoms with van der Waals surface area (Å²) in [6, 6.07) is 0. The van der Waals surface area contributed by atoms with Gasteiger partial charge < -0.3 is 8.42 Å². The van der Waals surface area contributed by atoms with E-state index < -0.39 is 10.7 Å². The average molecular weight is 360 g/mol. The van der Waals surface area contributed by atoms with E-state index in [1.54, 1.807) is 0 Å². The van der Waals surface area contributed by atoms with Crippen molar-refractivity contribution < 1.29 is 50.7 Å². The summed E-state index contributed by atoms with van der Waals surface area (Å²) in [5.41, 5.74) is 0. The van der Waals surface area contributed by atoms with Crippen molar-refractivity contribution in [2.45, 2.75) is 40.5 Å². The van der Waals surface area contributed by atoms with Crippen molar-refractivity contribution in [3.8, 4) is 0 Å². The first-order chi connectivity index (χ1) is 7.40. The van der Waals surface area contributed by atoms with Crippen molar-refractivity contribution in [3.05, 3.63) is 0 Å². The second kappa shape index (κ2) is 17.3. The molecule has 0 amide bonds. The van der Waals surface area contributed by atoms with Gasteiger partial charge in [-0.3, -0.25) is 0 Å². The van der Waals surface area contributed by atoms with E-state index in [1.165, 1.54) is 0 Å². The van der Waals surface area contributed by atoms with Crippen LogP contribution in [-0.4, -0.2) is 16.8 Å². The van der Waals surface area contributed by atoms with E-state index in [0.29, 0.717) is 17.6 Å². The Morgan fingerprint density at radius 2 is 1.59 bits per heavy atom. The van der Waals surface area contributed by atoms with Crippen LogP contribution in [0.15, 0.2) is 0 Å². The summed E-state index contributed by atoms with van der Waals surface area (Å²) in [6.07, 6.45) is 1.86. The van der Waals surface area contributed by atoms with Crippen molar-refractivity contribution in [2.75, 3.05) is 11.5 Å². The summed E-state index contributed by atoms with van der Waals surface area (Å²) < 4.78 is 23.6. The van der Waals surface area contributed by atoms with Crippen LogP contribution in [0, 0.1) is 11.8 Å². The molecule has 4 nitrogen and oxygen atoms in total. The van der Waals surface area contributed by atoms with E-state index in [4.69, 9.17) is 5.26 Å². The number of rotatable bonds is 7. The topological polar surface area (TPSA) is 63.6 Å². The molecule has 0 bridgehead atoms. The minimum Gasteiger partial charge on any atom is -0.424 e. The SMILES string of the molecule is CC(C)CCSOO.CC(C)CC[S-](=O)=O.[Y]. The smallest absolute Gasteiger partial charge is 0.0311 e. The summed E-state index contributed by atoms with van der Waals surface area (Å²) in [6.45, 7) is 8.29. The van der Waals surface area contributed by atoms with Crippen LogP contribution < -0.4 is 0 Å². The number of hydrogen-bond acceptors (Lipinski definition) is 6. The zero-order chi connectivity index (χ0) is 13.0. The first-order valence-electron chi connectivity index (χ1n) is 5.39. The largest absolute Gasteiger partial charge is 0.424 e. The molecule has 0 aliphatic heterocycles. The van der Waals surface area contributed by atoms with Crippen LogP contribution in [0.2, 0.25) is 0 Å². The second-order valence-electron chi connectivity index (χ2n) is 4.27. The Balaban J connectivity index is -0.000000218. The summed E-state index contributed by atoms with van der Waals surface area (Å²) >= 11 is 1.09. The van der Waals surface area contributed by atoms with Gasteiger partial charge in [-0.05, 0) is 18.3 Å². The fraction of sp³-hybridized carbons (Fsp3) is 1.00. The molecule has 17 heavy (non-hydrogen) atoms. The standard InChI is InChI=1S/C5H11O2S.C5H12O2S.Y/c1-5(2)3-4-8(6)7;1-5(2)3-4-8-7-6;/h5H,3-4H2,1-2H3;5-6H,3-4H2,1-2H3;/q-1;;. The van der Waals surface area contributed by atoms with Gasteiger partial charge in [-0.1, -0.05) is 50.6 Å². The first kappa shape index (κ1) is 23.4. The maximum absolute atomic E-state index is 9.90. The van der Waals surface area contributed by atoms with E-state index >= 15 is 0 Å². The van der Waals surface area contributed by atoms with E-state index in [0.717, 1.165) is 30.6 Å². The average Bonchev–Trinajstić information content (AvgIpc) is 2.16. The van der Waals surface area contributed by atoms with Gasteiger partial charge in [0, 0.05) is 50.5 Å². The quantitative estimate of drug-likeness (QED) is 0.247. The summed E-state index contributed by atoms with van der Waals surface area (Å²) in [5.74, 6) is 2.36. The summed E-state index contributed by atoms with van der Waals surface area (Å²) in [4.78, 5) is 0. The predicted molar refractivity (Wildman–Crippen MR) is 68.7 cm³/mol. The Kier molecular flexibility index (Phi) is 23.9. The third-order valence-corrected chi connectivity index (χ3v) is 2.77. The Hall–Kier alpha value is 1.32. The molecule has 0 heterocycles. The van der Waals surface area contributed by atoms with Crippen LogP contribution in [0.25, 0.3) is 0 Å². The van der Waals surface area contributed by atoms with E-state index in [-0.39, 0.29) is 32.7 Å². The third-order valence-electron chi connectivity index (χ3n) is 1.69. The van der Waals surface area contributed by atoms with Gasteiger partial charge in [-0.15, -0.1) is 0 Å². The molecule has 0 fully saturated rings. The molecule has 103 valence electrons. The molecule has 0 aromatic heterocycles. The molecule has 0 aromatic carbocycles. The Labute approximate surface area is 136 Å². The monoisotopic (exact) mass is 360 g/mol. The van der Waals surface area contributed by atoms with Crippen LogP contribution in [0.3, 0.4) is 0 Å². The molecule has 1 N–H and O–H groups in total. The fourth-order valence-electron chi connectivity index (χ4n) is 0.653. The molecule has 0 saturated heterocycles. The Bertz CT molecular complexity index is 200. The Morgan fingerprint density at radius 1 is 1.12 bits per heavy atom. The van der Waals surface area contributed by atoms with E-state index in [1.807, 2.05) is 13.8 Å². The Morgan fingerprint density at radius 3 is 1.82 bits per heavy atom. The molecule has 0 atom stereocenters. The van der Waals surface area contributed by atoms with Crippen LogP contribution in [0.1, 0.15) is 40.5 Å². The van der Waals surface area contributed by atoms with Crippen molar-refractivity contribution in [2.24, 2.45) is 11.8 Å². The molecular weight excluding hydrogens is 337 g/mol. The minimum atomic E-state index is -1.84. The van der Waals surface area contributed by atoms with Gasteiger partial charge >= 0.3 is 0 Å². The maximum Gasteiger partial charge on any atom is 0.0311 e. The molecule has 0 aliphatic carbocycles. The molecule has 0 rings (SSSR count). The van der Waals surface area contributed by atoms with Gasteiger partial charge in [0.1, 0.15) is 0 Å². The second-order valence-corrected chi connectivity index (χ2v) is 6.08. The minimum absolute atomic E-state index is 0. The molecule has 0 aromatic rings.